The van der Waals surface area contributed by atoms with E-state index in [-0.39, 0.29) is 10.7 Å². The standard InChI is InChI=1S/C24H20N2O7S/c27-22(25-24(29)21-6-3-15-32-21)16-33-23(28)12-9-17-7-10-19(11-8-17)34(30,31)26-14-13-18-4-1-2-5-20(18)26/h1-12,15H,13-14,16H2,(H,25,27,29)/b12-9+. The molecule has 1 aliphatic rings. The fraction of sp³-hybridized carbons (Fsp3) is 0.125. The Morgan fingerprint density at radius 3 is 2.53 bits per heavy atom. The Labute approximate surface area is 195 Å². The first-order valence-electron chi connectivity index (χ1n) is 10.3. The maximum Gasteiger partial charge on any atom is 0.331 e. The second-order valence-electron chi connectivity index (χ2n) is 7.32. The molecule has 0 radical (unpaired) electrons. The molecule has 34 heavy (non-hydrogen) atoms. The molecule has 1 N–H and O–H groups in total. The summed E-state index contributed by atoms with van der Waals surface area (Å²) in [7, 11) is -3.71. The molecule has 0 saturated carbocycles. The van der Waals surface area contributed by atoms with Gasteiger partial charge >= 0.3 is 5.97 Å². The number of anilines is 1. The number of hydrogen-bond donors (Lipinski definition) is 1. The number of amides is 2. The summed E-state index contributed by atoms with van der Waals surface area (Å²) in [5, 5.41) is 2.03. The van der Waals surface area contributed by atoms with Crippen molar-refractivity contribution in [1.29, 1.82) is 0 Å². The van der Waals surface area contributed by atoms with E-state index in [1.165, 1.54) is 40.9 Å². The Balaban J connectivity index is 1.32. The lowest BCUT2D eigenvalue weighted by atomic mass is 10.2. The van der Waals surface area contributed by atoms with Crippen molar-refractivity contribution in [2.45, 2.75) is 11.3 Å². The lowest BCUT2D eigenvalue weighted by Gasteiger charge is -2.19. The van der Waals surface area contributed by atoms with Gasteiger partial charge in [0.05, 0.1) is 16.8 Å². The predicted molar refractivity (Wildman–Crippen MR) is 122 cm³/mol. The van der Waals surface area contributed by atoms with E-state index in [1.807, 2.05) is 17.4 Å². The third-order valence-corrected chi connectivity index (χ3v) is 6.90. The topological polar surface area (TPSA) is 123 Å². The first-order valence-corrected chi connectivity index (χ1v) is 11.7. The number of sulfonamides is 1. The fourth-order valence-electron chi connectivity index (χ4n) is 3.42. The van der Waals surface area contributed by atoms with Crippen LogP contribution in [0.3, 0.4) is 0 Å². The highest BCUT2D eigenvalue weighted by Gasteiger charge is 2.30. The van der Waals surface area contributed by atoms with Gasteiger partial charge in [0, 0.05) is 12.6 Å². The van der Waals surface area contributed by atoms with E-state index >= 15 is 0 Å². The molecule has 0 saturated heterocycles. The first kappa shape index (κ1) is 23.0. The van der Waals surface area contributed by atoms with Gasteiger partial charge in [-0.15, -0.1) is 0 Å². The number of carbonyl (C=O) groups excluding carboxylic acids is 3. The molecule has 174 valence electrons. The van der Waals surface area contributed by atoms with E-state index in [0.717, 1.165) is 11.6 Å². The minimum Gasteiger partial charge on any atom is -0.459 e. The SMILES string of the molecule is O=C(COC(=O)/C=C/c1ccc(S(=O)(=O)N2CCc3ccccc32)cc1)NC(=O)c1ccco1. The van der Waals surface area contributed by atoms with Crippen LogP contribution in [0.2, 0.25) is 0 Å². The molecule has 10 heteroatoms. The summed E-state index contributed by atoms with van der Waals surface area (Å²) in [4.78, 5) is 35.4. The van der Waals surface area contributed by atoms with E-state index in [1.54, 1.807) is 24.3 Å². The van der Waals surface area contributed by atoms with Crippen molar-refractivity contribution in [2.75, 3.05) is 17.5 Å². The largest absolute Gasteiger partial charge is 0.459 e. The first-order chi connectivity index (χ1) is 16.3. The van der Waals surface area contributed by atoms with Crippen LogP contribution in [0.1, 0.15) is 21.7 Å². The third kappa shape index (κ3) is 5.07. The van der Waals surface area contributed by atoms with Crippen LogP contribution in [-0.2, 0) is 30.8 Å². The Hall–Kier alpha value is -4.18. The molecule has 2 heterocycles. The molecule has 9 nitrogen and oxygen atoms in total. The zero-order chi connectivity index (χ0) is 24.1. The number of hydrogen-bond acceptors (Lipinski definition) is 7. The minimum atomic E-state index is -3.71. The highest BCUT2D eigenvalue weighted by Crippen LogP contribution is 2.32. The van der Waals surface area contributed by atoms with Crippen molar-refractivity contribution >= 4 is 39.6 Å². The highest BCUT2D eigenvalue weighted by molar-refractivity contribution is 7.92. The smallest absolute Gasteiger partial charge is 0.331 e. The molecule has 0 unspecified atom stereocenters. The lowest BCUT2D eigenvalue weighted by molar-refractivity contribution is -0.143. The average molecular weight is 480 g/mol. The van der Waals surface area contributed by atoms with E-state index in [9.17, 15) is 22.8 Å². The maximum atomic E-state index is 13.0. The van der Waals surface area contributed by atoms with Crippen LogP contribution in [0.5, 0.6) is 0 Å². The summed E-state index contributed by atoms with van der Waals surface area (Å²) in [5.41, 5.74) is 2.24. The van der Waals surface area contributed by atoms with Gasteiger partial charge in [-0.1, -0.05) is 30.3 Å². The highest BCUT2D eigenvalue weighted by atomic mass is 32.2. The molecule has 0 bridgehead atoms. The molecule has 3 aromatic rings. The maximum absolute atomic E-state index is 13.0. The number of esters is 1. The number of fused-ring (bicyclic) bond motifs is 1. The molecule has 0 spiro atoms. The van der Waals surface area contributed by atoms with Crippen LogP contribution in [0.25, 0.3) is 6.08 Å². The Kier molecular flexibility index (Phi) is 6.60. The predicted octanol–water partition coefficient (Wildman–Crippen LogP) is 2.54. The monoisotopic (exact) mass is 480 g/mol. The van der Waals surface area contributed by atoms with Gasteiger partial charge < -0.3 is 9.15 Å². The van der Waals surface area contributed by atoms with Gasteiger partial charge in [0.1, 0.15) is 0 Å². The number of rotatable bonds is 7. The normalized spacial score (nSPS) is 13.0. The fourth-order valence-corrected chi connectivity index (χ4v) is 4.92. The number of para-hydroxylation sites is 1. The minimum absolute atomic E-state index is 0.0426. The number of ether oxygens (including phenoxy) is 1. The summed E-state index contributed by atoms with van der Waals surface area (Å²) < 4.78 is 37.1. The van der Waals surface area contributed by atoms with Gasteiger partial charge in [0.15, 0.2) is 12.4 Å². The van der Waals surface area contributed by atoms with Gasteiger partial charge in [0.25, 0.3) is 21.8 Å². The molecule has 0 aliphatic carbocycles. The molecule has 2 aromatic carbocycles. The number of furan rings is 1. The molecule has 4 rings (SSSR count). The second-order valence-corrected chi connectivity index (χ2v) is 9.18. The molecule has 0 fully saturated rings. The van der Waals surface area contributed by atoms with E-state index < -0.39 is 34.4 Å². The summed E-state index contributed by atoms with van der Waals surface area (Å²) in [6.07, 6.45) is 4.47. The van der Waals surface area contributed by atoms with Gasteiger partial charge in [0.2, 0.25) is 0 Å². The number of nitrogens with zero attached hydrogens (tertiary/aromatic N) is 1. The van der Waals surface area contributed by atoms with E-state index in [0.29, 0.717) is 24.2 Å². The Morgan fingerprint density at radius 1 is 1.03 bits per heavy atom. The van der Waals surface area contributed by atoms with Crippen molar-refractivity contribution < 1.29 is 32.0 Å². The van der Waals surface area contributed by atoms with Crippen LogP contribution in [0, 0.1) is 0 Å². The molecule has 0 atom stereocenters. The number of imide groups is 1. The second kappa shape index (κ2) is 9.75. The average Bonchev–Trinajstić information content (AvgIpc) is 3.52. The summed E-state index contributed by atoms with van der Waals surface area (Å²) >= 11 is 0. The van der Waals surface area contributed by atoms with Crippen molar-refractivity contribution in [2.24, 2.45) is 0 Å². The van der Waals surface area contributed by atoms with Crippen LogP contribution < -0.4 is 9.62 Å². The van der Waals surface area contributed by atoms with Gasteiger partial charge in [-0.05, 0) is 54.0 Å². The summed E-state index contributed by atoms with van der Waals surface area (Å²) in [6, 6.07) is 16.3. The lowest BCUT2D eigenvalue weighted by Crippen LogP contribution is -2.33. The van der Waals surface area contributed by atoms with Gasteiger partial charge in [-0.25, -0.2) is 13.2 Å². The Morgan fingerprint density at radius 2 is 1.79 bits per heavy atom. The third-order valence-electron chi connectivity index (χ3n) is 5.07. The summed E-state index contributed by atoms with van der Waals surface area (Å²) in [6.45, 7) is -0.264. The number of nitrogens with one attached hydrogen (secondary N) is 1. The van der Waals surface area contributed by atoms with Crippen molar-refractivity contribution in [3.05, 3.63) is 89.9 Å². The zero-order valence-corrected chi connectivity index (χ0v) is 18.7. The molecular formula is C24H20N2O7S. The number of benzene rings is 2. The van der Waals surface area contributed by atoms with Gasteiger partial charge in [-0.3, -0.25) is 19.2 Å². The van der Waals surface area contributed by atoms with E-state index in [4.69, 9.17) is 9.15 Å². The van der Waals surface area contributed by atoms with Crippen molar-refractivity contribution in [3.63, 3.8) is 0 Å². The van der Waals surface area contributed by atoms with Crippen molar-refractivity contribution in [3.8, 4) is 0 Å². The van der Waals surface area contributed by atoms with Gasteiger partial charge in [-0.2, -0.15) is 0 Å². The molecule has 1 aromatic heterocycles. The number of carbonyl (C=O) groups is 3. The van der Waals surface area contributed by atoms with Crippen molar-refractivity contribution in [1.82, 2.24) is 5.32 Å². The van der Waals surface area contributed by atoms with Crippen LogP contribution >= 0.6 is 0 Å². The molecule has 1 aliphatic heterocycles. The molecule has 2 amide bonds. The quantitative estimate of drug-likeness (QED) is 0.407. The Bertz CT molecular complexity index is 1340. The van der Waals surface area contributed by atoms with Crippen LogP contribution in [0.15, 0.2) is 82.3 Å². The molecular weight excluding hydrogens is 460 g/mol. The summed E-state index contributed by atoms with van der Waals surface area (Å²) in [5.74, 6) is -2.39. The van der Waals surface area contributed by atoms with Crippen LogP contribution in [-0.4, -0.2) is 39.4 Å². The van der Waals surface area contributed by atoms with Crippen LogP contribution in [0.4, 0.5) is 5.69 Å². The zero-order valence-electron chi connectivity index (χ0n) is 17.8. The van der Waals surface area contributed by atoms with E-state index in [2.05, 4.69) is 0 Å².